The van der Waals surface area contributed by atoms with Crippen LogP contribution >= 0.6 is 0 Å². The number of ether oxygens (including phenoxy) is 2. The second-order valence-electron chi connectivity index (χ2n) is 5.25. The Balaban J connectivity index is 0.00000180. The van der Waals surface area contributed by atoms with E-state index in [1.54, 1.807) is 0 Å². The van der Waals surface area contributed by atoms with E-state index in [2.05, 4.69) is 45.2 Å². The number of hydrogen-bond donors (Lipinski definition) is 0. The summed E-state index contributed by atoms with van der Waals surface area (Å²) in [4.78, 5) is 0. The van der Waals surface area contributed by atoms with Gasteiger partial charge in [0.15, 0.2) is 0 Å². The van der Waals surface area contributed by atoms with E-state index in [-0.39, 0.29) is 30.3 Å². The van der Waals surface area contributed by atoms with E-state index in [1.807, 2.05) is 0 Å². The van der Waals surface area contributed by atoms with Gasteiger partial charge in [-0.25, -0.2) is 0 Å². The zero-order valence-electron chi connectivity index (χ0n) is 12.1. The minimum absolute atomic E-state index is 0. The number of hydrogen-bond acceptors (Lipinski definition) is 2. The molecule has 1 aromatic rings. The van der Waals surface area contributed by atoms with Gasteiger partial charge in [-0.15, -0.1) is 0 Å². The van der Waals surface area contributed by atoms with E-state index in [4.69, 9.17) is 9.47 Å². The molecule has 1 aromatic carbocycles. The summed E-state index contributed by atoms with van der Waals surface area (Å²) in [6.45, 7) is 8.88. The zero-order valence-corrected chi connectivity index (χ0v) is 14.2. The summed E-state index contributed by atoms with van der Waals surface area (Å²) in [5.41, 5.74) is 2.50. The number of benzene rings is 1. The van der Waals surface area contributed by atoms with Gasteiger partial charge in [0.05, 0.1) is 33.4 Å². The van der Waals surface area contributed by atoms with Crippen molar-refractivity contribution in [3.8, 4) is 0 Å². The highest BCUT2D eigenvalue weighted by molar-refractivity contribution is 5.26. The molecule has 0 unspecified atom stereocenters. The fraction of sp³-hybridized carbons (Fsp3) is 0.600. The number of likely N-dealkylation sites (N-methyl/N-ethyl adjacent to an activating group) is 1. The van der Waals surface area contributed by atoms with Crippen LogP contribution in [0.5, 0.6) is 0 Å². The number of halogens is 1. The van der Waals surface area contributed by atoms with E-state index in [0.717, 1.165) is 24.1 Å². The van der Waals surface area contributed by atoms with Gasteiger partial charge in [-0.2, -0.15) is 0 Å². The van der Waals surface area contributed by atoms with Gasteiger partial charge >= 0.3 is 0 Å². The first-order chi connectivity index (χ1) is 8.67. The Kier molecular flexibility index (Phi) is 6.73. The number of fused-ring (bicyclic) bond motifs is 1. The molecule has 0 atom stereocenters. The number of nitrogens with zero attached hydrogens (tertiary/aromatic N) is 1. The summed E-state index contributed by atoms with van der Waals surface area (Å²) in [5, 5.41) is 0. The van der Waals surface area contributed by atoms with Crippen LogP contribution in [-0.2, 0) is 22.7 Å². The number of rotatable bonds is 4. The summed E-state index contributed by atoms with van der Waals surface area (Å²) < 4.78 is 12.8. The number of quaternary nitrogens is 1. The van der Waals surface area contributed by atoms with Crippen molar-refractivity contribution in [2.75, 3.05) is 26.7 Å². The van der Waals surface area contributed by atoms with Crippen LogP contribution in [0.2, 0.25) is 0 Å². The SMILES string of the molecule is CC[N+](C)(CC)CC1OCc2ccccc2CO1.[I-]. The third-order valence-corrected chi connectivity index (χ3v) is 4.08. The molecule has 108 valence electrons. The van der Waals surface area contributed by atoms with Gasteiger partial charge in [-0.3, -0.25) is 0 Å². The van der Waals surface area contributed by atoms with Crippen LogP contribution in [-0.4, -0.2) is 37.5 Å². The molecule has 1 aliphatic rings. The van der Waals surface area contributed by atoms with Crippen LogP contribution in [0.15, 0.2) is 24.3 Å². The van der Waals surface area contributed by atoms with Crippen LogP contribution in [0.4, 0.5) is 0 Å². The third-order valence-electron chi connectivity index (χ3n) is 4.08. The van der Waals surface area contributed by atoms with E-state index in [9.17, 15) is 0 Å². The quantitative estimate of drug-likeness (QED) is 0.523. The average molecular weight is 377 g/mol. The van der Waals surface area contributed by atoms with Crippen LogP contribution in [0.25, 0.3) is 0 Å². The maximum absolute atomic E-state index is 5.89. The van der Waals surface area contributed by atoms with Crippen molar-refractivity contribution in [1.29, 1.82) is 0 Å². The first kappa shape index (κ1) is 16.9. The Morgan fingerprint density at radius 2 is 1.53 bits per heavy atom. The van der Waals surface area contributed by atoms with Crippen molar-refractivity contribution in [3.63, 3.8) is 0 Å². The smallest absolute Gasteiger partial charge is 0.208 e. The molecule has 4 heteroatoms. The summed E-state index contributed by atoms with van der Waals surface area (Å²) in [5.74, 6) is 0. The Morgan fingerprint density at radius 3 is 1.95 bits per heavy atom. The Bertz CT molecular complexity index is 366. The molecule has 19 heavy (non-hydrogen) atoms. The van der Waals surface area contributed by atoms with Crippen LogP contribution in [0.1, 0.15) is 25.0 Å². The van der Waals surface area contributed by atoms with Crippen molar-refractivity contribution in [2.24, 2.45) is 0 Å². The molecular formula is C15H24INO2. The van der Waals surface area contributed by atoms with Crippen molar-refractivity contribution < 1.29 is 37.9 Å². The normalized spacial score (nSPS) is 16.4. The Labute approximate surface area is 133 Å². The maximum Gasteiger partial charge on any atom is 0.208 e. The second-order valence-corrected chi connectivity index (χ2v) is 5.25. The molecule has 0 saturated heterocycles. The summed E-state index contributed by atoms with van der Waals surface area (Å²) in [6, 6.07) is 8.35. The molecule has 0 N–H and O–H groups in total. The third kappa shape index (κ3) is 4.41. The summed E-state index contributed by atoms with van der Waals surface area (Å²) in [7, 11) is 2.25. The molecule has 0 radical (unpaired) electrons. The molecule has 0 fully saturated rings. The van der Waals surface area contributed by atoms with Gasteiger partial charge in [0.25, 0.3) is 0 Å². The topological polar surface area (TPSA) is 18.5 Å². The van der Waals surface area contributed by atoms with Crippen LogP contribution in [0, 0.1) is 0 Å². The van der Waals surface area contributed by atoms with Gasteiger partial charge in [0.2, 0.25) is 6.29 Å². The first-order valence-electron chi connectivity index (χ1n) is 6.80. The van der Waals surface area contributed by atoms with Crippen molar-refractivity contribution >= 4 is 0 Å². The molecular weight excluding hydrogens is 353 g/mol. The lowest BCUT2D eigenvalue weighted by Crippen LogP contribution is -3.00. The molecule has 0 aromatic heterocycles. The molecule has 0 amide bonds. The second kappa shape index (κ2) is 7.57. The predicted octanol–water partition coefficient (Wildman–Crippen LogP) is -0.450. The minimum atomic E-state index is -0.0951. The van der Waals surface area contributed by atoms with Gasteiger partial charge in [0.1, 0.15) is 6.54 Å². The molecule has 1 aliphatic heterocycles. The highest BCUT2D eigenvalue weighted by Gasteiger charge is 2.26. The monoisotopic (exact) mass is 377 g/mol. The standard InChI is InChI=1S/C15H24NO2.HI/c1-4-16(3,5-2)10-15-17-11-13-8-6-7-9-14(13)12-18-15;/h6-9,15H,4-5,10-12H2,1-3H3;1H/q+1;/p-1. The molecule has 2 rings (SSSR count). The fourth-order valence-corrected chi connectivity index (χ4v) is 2.20. The summed E-state index contributed by atoms with van der Waals surface area (Å²) >= 11 is 0. The lowest BCUT2D eigenvalue weighted by atomic mass is 10.1. The molecule has 3 nitrogen and oxygen atoms in total. The predicted molar refractivity (Wildman–Crippen MR) is 71.9 cm³/mol. The maximum atomic E-state index is 5.89. The minimum Gasteiger partial charge on any atom is -1.00 e. The lowest BCUT2D eigenvalue weighted by Gasteiger charge is -2.34. The lowest BCUT2D eigenvalue weighted by molar-refractivity contribution is -0.912. The molecule has 0 bridgehead atoms. The average Bonchev–Trinajstić information content (AvgIpc) is 2.62. The van der Waals surface area contributed by atoms with Gasteiger partial charge in [-0.05, 0) is 25.0 Å². The fourth-order valence-electron chi connectivity index (χ4n) is 2.20. The van der Waals surface area contributed by atoms with Crippen LogP contribution < -0.4 is 24.0 Å². The largest absolute Gasteiger partial charge is 1.00 e. The molecule has 1 heterocycles. The van der Waals surface area contributed by atoms with Crippen LogP contribution in [0.3, 0.4) is 0 Å². The highest BCUT2D eigenvalue weighted by Crippen LogP contribution is 2.19. The van der Waals surface area contributed by atoms with E-state index >= 15 is 0 Å². The van der Waals surface area contributed by atoms with Crippen molar-refractivity contribution in [1.82, 2.24) is 0 Å². The zero-order chi connectivity index (χ0) is 13.0. The van der Waals surface area contributed by atoms with Gasteiger partial charge < -0.3 is 37.9 Å². The van der Waals surface area contributed by atoms with Crippen molar-refractivity contribution in [2.45, 2.75) is 33.4 Å². The van der Waals surface area contributed by atoms with Gasteiger partial charge in [-0.1, -0.05) is 24.3 Å². The summed E-state index contributed by atoms with van der Waals surface area (Å²) in [6.07, 6.45) is -0.0951. The Hall–Kier alpha value is -0.170. The highest BCUT2D eigenvalue weighted by atomic mass is 127. The Morgan fingerprint density at radius 1 is 1.05 bits per heavy atom. The van der Waals surface area contributed by atoms with E-state index in [1.165, 1.54) is 11.1 Å². The molecule has 0 aliphatic carbocycles. The van der Waals surface area contributed by atoms with Gasteiger partial charge in [0, 0.05) is 0 Å². The first-order valence-corrected chi connectivity index (χ1v) is 6.80. The molecule has 0 saturated carbocycles. The van der Waals surface area contributed by atoms with Crippen molar-refractivity contribution in [3.05, 3.63) is 35.4 Å². The van der Waals surface area contributed by atoms with E-state index < -0.39 is 0 Å². The molecule has 0 spiro atoms. The van der Waals surface area contributed by atoms with E-state index in [0.29, 0.717) is 13.2 Å².